The van der Waals surface area contributed by atoms with Gasteiger partial charge in [-0.05, 0) is 25.0 Å². The Morgan fingerprint density at radius 3 is 3.05 bits per heavy atom. The summed E-state index contributed by atoms with van der Waals surface area (Å²) in [4.78, 5) is 33.0. The fourth-order valence-corrected chi connectivity index (χ4v) is 2.73. The molecule has 1 saturated heterocycles. The number of nitrogens with two attached hydrogens (primary N) is 1. The number of nitrogens with one attached hydrogen (secondary N) is 2. The molecule has 1 atom stereocenters. The lowest BCUT2D eigenvalue weighted by molar-refractivity contribution is -0.125. The molecule has 110 valence electrons. The zero-order valence-corrected chi connectivity index (χ0v) is 11.5. The number of carbonyl (C=O) groups is 1. The number of piperidine rings is 1. The van der Waals surface area contributed by atoms with Gasteiger partial charge in [-0.2, -0.15) is 0 Å². The van der Waals surface area contributed by atoms with Crippen LogP contribution in [-0.2, 0) is 4.79 Å². The van der Waals surface area contributed by atoms with Gasteiger partial charge in [-0.1, -0.05) is 12.1 Å². The zero-order chi connectivity index (χ0) is 14.8. The molecule has 0 aliphatic carbocycles. The van der Waals surface area contributed by atoms with E-state index in [0.717, 1.165) is 19.4 Å². The van der Waals surface area contributed by atoms with Crippen LogP contribution in [0.5, 0.6) is 0 Å². The van der Waals surface area contributed by atoms with Gasteiger partial charge < -0.3 is 4.90 Å². The Bertz CT molecular complexity index is 727. The average molecular weight is 287 g/mol. The summed E-state index contributed by atoms with van der Waals surface area (Å²) in [6.45, 7) is 1.26. The molecule has 21 heavy (non-hydrogen) atoms. The standard InChI is InChI=1S/C14H17N5O2/c15-18-12(20)9-4-3-7-19(8-9)14-16-11-6-2-1-5-10(11)13(21)17-14/h1-2,5-6,9H,3-4,7-8,15H2,(H,18,20)(H,16,17,21). The maximum atomic E-state index is 12.1. The molecular formula is C14H17N5O2. The van der Waals surface area contributed by atoms with Gasteiger partial charge in [0.15, 0.2) is 0 Å². The van der Waals surface area contributed by atoms with Crippen LogP contribution in [0.15, 0.2) is 29.1 Å². The number of para-hydroxylation sites is 1. The molecule has 1 unspecified atom stereocenters. The molecule has 0 bridgehead atoms. The minimum atomic E-state index is -0.180. The van der Waals surface area contributed by atoms with E-state index < -0.39 is 0 Å². The van der Waals surface area contributed by atoms with Crippen molar-refractivity contribution in [2.45, 2.75) is 12.8 Å². The lowest BCUT2D eigenvalue weighted by atomic mass is 9.98. The molecule has 1 aliphatic rings. The van der Waals surface area contributed by atoms with Crippen molar-refractivity contribution in [3.05, 3.63) is 34.6 Å². The Morgan fingerprint density at radius 1 is 1.43 bits per heavy atom. The van der Waals surface area contributed by atoms with E-state index in [2.05, 4.69) is 15.4 Å². The highest BCUT2D eigenvalue weighted by molar-refractivity contribution is 5.80. The van der Waals surface area contributed by atoms with Gasteiger partial charge in [-0.25, -0.2) is 10.8 Å². The molecule has 0 radical (unpaired) electrons. The third kappa shape index (κ3) is 2.59. The van der Waals surface area contributed by atoms with Gasteiger partial charge >= 0.3 is 0 Å². The molecule has 4 N–H and O–H groups in total. The highest BCUT2D eigenvalue weighted by Gasteiger charge is 2.26. The molecule has 2 heterocycles. The molecule has 1 aromatic carbocycles. The van der Waals surface area contributed by atoms with Crippen molar-refractivity contribution in [2.24, 2.45) is 11.8 Å². The third-order valence-corrected chi connectivity index (χ3v) is 3.83. The van der Waals surface area contributed by atoms with Crippen LogP contribution in [0.1, 0.15) is 12.8 Å². The molecule has 0 spiro atoms. The van der Waals surface area contributed by atoms with Crippen LogP contribution in [0.2, 0.25) is 0 Å². The first-order chi connectivity index (χ1) is 10.2. The van der Waals surface area contributed by atoms with Gasteiger partial charge in [0.05, 0.1) is 16.8 Å². The second-order valence-corrected chi connectivity index (χ2v) is 5.20. The van der Waals surface area contributed by atoms with Gasteiger partial charge in [0.1, 0.15) is 0 Å². The van der Waals surface area contributed by atoms with Crippen LogP contribution >= 0.6 is 0 Å². The number of hydrogen-bond acceptors (Lipinski definition) is 5. The summed E-state index contributed by atoms with van der Waals surface area (Å²) >= 11 is 0. The second-order valence-electron chi connectivity index (χ2n) is 5.20. The second kappa shape index (κ2) is 5.53. The molecule has 7 heteroatoms. The summed E-state index contributed by atoms with van der Waals surface area (Å²) in [7, 11) is 0. The number of anilines is 1. The summed E-state index contributed by atoms with van der Waals surface area (Å²) in [5.41, 5.74) is 2.68. The quantitative estimate of drug-likeness (QED) is 0.414. The Kier molecular flexibility index (Phi) is 3.57. The number of H-pyrrole nitrogens is 1. The van der Waals surface area contributed by atoms with E-state index >= 15 is 0 Å². The van der Waals surface area contributed by atoms with Gasteiger partial charge in [-0.15, -0.1) is 0 Å². The number of aromatic amines is 1. The van der Waals surface area contributed by atoms with Gasteiger partial charge in [0.2, 0.25) is 11.9 Å². The minimum absolute atomic E-state index is 0.166. The van der Waals surface area contributed by atoms with E-state index in [1.807, 2.05) is 17.0 Å². The Hall–Kier alpha value is -2.41. The maximum Gasteiger partial charge on any atom is 0.260 e. The van der Waals surface area contributed by atoms with Crippen molar-refractivity contribution in [1.29, 1.82) is 0 Å². The highest BCUT2D eigenvalue weighted by atomic mass is 16.2. The Labute approximate surface area is 121 Å². The van der Waals surface area contributed by atoms with E-state index in [0.29, 0.717) is 23.4 Å². The number of benzene rings is 1. The number of hydrazine groups is 1. The fourth-order valence-electron chi connectivity index (χ4n) is 2.73. The topological polar surface area (TPSA) is 104 Å². The molecule has 1 aromatic heterocycles. The SMILES string of the molecule is NNC(=O)C1CCCN(c2nc3ccccc3c(=O)[nH]2)C1. The Balaban J connectivity index is 1.93. The van der Waals surface area contributed by atoms with Crippen LogP contribution in [-0.4, -0.2) is 29.0 Å². The van der Waals surface area contributed by atoms with Crippen molar-refractivity contribution >= 4 is 22.8 Å². The predicted molar refractivity (Wildman–Crippen MR) is 79.6 cm³/mol. The summed E-state index contributed by atoms with van der Waals surface area (Å²) in [6.07, 6.45) is 1.64. The number of carbonyl (C=O) groups excluding carboxylic acids is 1. The van der Waals surface area contributed by atoms with E-state index in [1.54, 1.807) is 12.1 Å². The highest BCUT2D eigenvalue weighted by Crippen LogP contribution is 2.20. The zero-order valence-electron chi connectivity index (χ0n) is 11.5. The van der Waals surface area contributed by atoms with Crippen LogP contribution in [0.3, 0.4) is 0 Å². The number of fused-ring (bicyclic) bond motifs is 1. The fraction of sp³-hybridized carbons (Fsp3) is 0.357. The predicted octanol–water partition coefficient (Wildman–Crippen LogP) is 0.129. The molecule has 3 rings (SSSR count). The summed E-state index contributed by atoms with van der Waals surface area (Å²) < 4.78 is 0. The van der Waals surface area contributed by atoms with E-state index in [1.165, 1.54) is 0 Å². The van der Waals surface area contributed by atoms with Crippen molar-refractivity contribution in [2.75, 3.05) is 18.0 Å². The monoisotopic (exact) mass is 287 g/mol. The minimum Gasteiger partial charge on any atom is -0.342 e. The van der Waals surface area contributed by atoms with Crippen molar-refractivity contribution in [1.82, 2.24) is 15.4 Å². The molecular weight excluding hydrogens is 270 g/mol. The van der Waals surface area contributed by atoms with Crippen LogP contribution in [0.4, 0.5) is 5.95 Å². The first kappa shape index (κ1) is 13.6. The summed E-state index contributed by atoms with van der Waals surface area (Å²) in [5.74, 6) is 5.34. The van der Waals surface area contributed by atoms with Crippen LogP contribution in [0, 0.1) is 5.92 Å². The number of nitrogens with zero attached hydrogens (tertiary/aromatic N) is 2. The van der Waals surface area contributed by atoms with Gasteiger partial charge in [0.25, 0.3) is 5.56 Å². The first-order valence-electron chi connectivity index (χ1n) is 6.93. The van der Waals surface area contributed by atoms with Crippen LogP contribution < -0.4 is 21.7 Å². The molecule has 2 aromatic rings. The number of amides is 1. The lowest BCUT2D eigenvalue weighted by Gasteiger charge is -2.32. The number of aromatic nitrogens is 2. The van der Waals surface area contributed by atoms with Crippen LogP contribution in [0.25, 0.3) is 10.9 Å². The van der Waals surface area contributed by atoms with Gasteiger partial charge in [-0.3, -0.25) is 20.0 Å². The lowest BCUT2D eigenvalue weighted by Crippen LogP contribution is -2.45. The largest absolute Gasteiger partial charge is 0.342 e. The molecule has 0 saturated carbocycles. The van der Waals surface area contributed by atoms with E-state index in [-0.39, 0.29) is 17.4 Å². The average Bonchev–Trinajstić information content (AvgIpc) is 2.54. The molecule has 7 nitrogen and oxygen atoms in total. The summed E-state index contributed by atoms with van der Waals surface area (Å²) in [5, 5.41) is 0.564. The molecule has 1 amide bonds. The molecule has 1 fully saturated rings. The first-order valence-corrected chi connectivity index (χ1v) is 6.93. The van der Waals surface area contributed by atoms with Crippen molar-refractivity contribution < 1.29 is 4.79 Å². The smallest absolute Gasteiger partial charge is 0.260 e. The number of rotatable bonds is 2. The maximum absolute atomic E-state index is 12.1. The number of hydrogen-bond donors (Lipinski definition) is 3. The normalized spacial score (nSPS) is 18.7. The summed E-state index contributed by atoms with van der Waals surface area (Å²) in [6, 6.07) is 7.20. The van der Waals surface area contributed by atoms with Gasteiger partial charge in [0, 0.05) is 13.1 Å². The molecule has 1 aliphatic heterocycles. The van der Waals surface area contributed by atoms with E-state index in [4.69, 9.17) is 5.84 Å². The third-order valence-electron chi connectivity index (χ3n) is 3.83. The van der Waals surface area contributed by atoms with Crippen molar-refractivity contribution in [3.8, 4) is 0 Å². The van der Waals surface area contributed by atoms with E-state index in [9.17, 15) is 9.59 Å². The van der Waals surface area contributed by atoms with Crippen molar-refractivity contribution in [3.63, 3.8) is 0 Å². The Morgan fingerprint density at radius 2 is 2.24 bits per heavy atom.